The predicted octanol–water partition coefficient (Wildman–Crippen LogP) is 10.1. The van der Waals surface area contributed by atoms with Crippen molar-refractivity contribution in [3.63, 3.8) is 0 Å². The predicted molar refractivity (Wildman–Crippen MR) is 187 cm³/mol. The lowest BCUT2D eigenvalue weighted by atomic mass is 10.0. The lowest BCUT2D eigenvalue weighted by molar-refractivity contribution is 0.899. The average Bonchev–Trinajstić information content (AvgIpc) is 3.60. The number of hydrogen-bond acceptors (Lipinski definition) is 1. The van der Waals surface area contributed by atoms with E-state index < -0.39 is 0 Å². The summed E-state index contributed by atoms with van der Waals surface area (Å²) in [6, 6.07) is 51.5. The summed E-state index contributed by atoms with van der Waals surface area (Å²) in [7, 11) is 0. The zero-order valence-corrected chi connectivity index (χ0v) is 24.3. The number of allylic oxidation sites excluding steroid dienone is 3. The van der Waals surface area contributed by atoms with Gasteiger partial charge in [0.25, 0.3) is 0 Å². The maximum absolute atomic E-state index is 6.58. The topological polar surface area (TPSA) is 35.9 Å². The van der Waals surface area contributed by atoms with Crippen LogP contribution in [-0.4, -0.2) is 9.13 Å². The average molecular weight is 566 g/mol. The van der Waals surface area contributed by atoms with Crippen LogP contribution in [0, 0.1) is 0 Å². The summed E-state index contributed by atoms with van der Waals surface area (Å²) in [5, 5.41) is 5.03. The first-order valence-corrected chi connectivity index (χ1v) is 15.0. The number of hydrogen-bond donors (Lipinski definition) is 1. The second kappa shape index (κ2) is 10.8. The molecule has 0 saturated carbocycles. The fourth-order valence-corrected chi connectivity index (χ4v) is 6.57. The molecule has 8 rings (SSSR count). The Balaban J connectivity index is 1.26. The van der Waals surface area contributed by atoms with Crippen molar-refractivity contribution < 1.29 is 0 Å². The van der Waals surface area contributed by atoms with E-state index in [-0.39, 0.29) is 0 Å². The molecule has 0 radical (unpaired) electrons. The number of nitrogens with two attached hydrogens (primary N) is 1. The summed E-state index contributed by atoms with van der Waals surface area (Å²) in [5.41, 5.74) is 16.7. The smallest absolute Gasteiger partial charge is 0.0785 e. The number of fused-ring (bicyclic) bond motifs is 7. The molecule has 0 unspecified atom stereocenters. The highest BCUT2D eigenvalue weighted by Gasteiger charge is 2.19. The number of rotatable bonds is 6. The van der Waals surface area contributed by atoms with E-state index >= 15 is 0 Å². The van der Waals surface area contributed by atoms with E-state index in [0.29, 0.717) is 6.54 Å². The molecule has 2 N–H and O–H groups in total. The van der Waals surface area contributed by atoms with E-state index in [0.717, 1.165) is 22.5 Å². The molecule has 2 aromatic heterocycles. The first-order valence-electron chi connectivity index (χ1n) is 15.0. The second-order valence-corrected chi connectivity index (χ2v) is 11.2. The van der Waals surface area contributed by atoms with Gasteiger partial charge in [-0.2, -0.15) is 0 Å². The molecule has 3 nitrogen and oxygen atoms in total. The zero-order valence-electron chi connectivity index (χ0n) is 24.3. The van der Waals surface area contributed by atoms with Crippen LogP contribution in [0.25, 0.3) is 66.1 Å². The van der Waals surface area contributed by atoms with E-state index in [1.807, 2.05) is 12.1 Å². The summed E-state index contributed by atoms with van der Waals surface area (Å²) in [6.07, 6.45) is 6.29. The monoisotopic (exact) mass is 565 g/mol. The minimum Gasteiger partial charge on any atom is -0.398 e. The van der Waals surface area contributed by atoms with Gasteiger partial charge in [0.15, 0.2) is 0 Å². The van der Waals surface area contributed by atoms with Gasteiger partial charge < -0.3 is 14.9 Å². The molecular formula is C41H31N3. The van der Waals surface area contributed by atoms with Crippen LogP contribution < -0.4 is 5.73 Å². The molecule has 0 saturated heterocycles. The number of benzene rings is 6. The number of para-hydroxylation sites is 3. The zero-order chi connectivity index (χ0) is 29.5. The Labute approximate surface area is 256 Å². The fraction of sp³-hybridized carbons (Fsp3) is 0.0244. The van der Waals surface area contributed by atoms with Gasteiger partial charge in [-0.15, -0.1) is 0 Å². The Kier molecular flexibility index (Phi) is 6.35. The summed E-state index contributed by atoms with van der Waals surface area (Å²) < 4.78 is 4.87. The number of aromatic nitrogens is 2. The lowest BCUT2D eigenvalue weighted by Crippen LogP contribution is -1.99. The van der Waals surface area contributed by atoms with Crippen molar-refractivity contribution in [3.05, 3.63) is 169 Å². The second-order valence-electron chi connectivity index (χ2n) is 11.2. The number of nitrogens with zero attached hydrogens (tertiary/aromatic N) is 2. The summed E-state index contributed by atoms with van der Waals surface area (Å²) in [6.45, 7) is 0.716. The van der Waals surface area contributed by atoms with Crippen molar-refractivity contribution in [2.75, 3.05) is 0 Å². The molecule has 0 fully saturated rings. The van der Waals surface area contributed by atoms with Gasteiger partial charge in [-0.25, -0.2) is 0 Å². The van der Waals surface area contributed by atoms with Gasteiger partial charge in [-0.3, -0.25) is 0 Å². The van der Waals surface area contributed by atoms with Gasteiger partial charge in [0, 0.05) is 45.0 Å². The standard InChI is InChI=1S/C41H31N3/c42-37(31-17-13-16-30(28-31)29-14-3-1-4-15-29)22-11-12-27-43-38-23-9-7-20-33(38)35-25-26-36-34-21-8-10-24-39(34)44(41(36)40(35)43)32-18-5-2-6-19-32/h1-26,28H,27,42H2/b12-11-,37-22-. The van der Waals surface area contributed by atoms with Gasteiger partial charge >= 0.3 is 0 Å². The van der Waals surface area contributed by atoms with Gasteiger partial charge in [0.05, 0.1) is 16.6 Å². The van der Waals surface area contributed by atoms with E-state index in [4.69, 9.17) is 5.73 Å². The van der Waals surface area contributed by atoms with Crippen molar-refractivity contribution in [1.29, 1.82) is 0 Å². The molecule has 6 aromatic carbocycles. The quantitative estimate of drug-likeness (QED) is 0.200. The first-order chi connectivity index (χ1) is 21.8. The molecule has 0 amide bonds. The lowest BCUT2D eigenvalue weighted by Gasteiger charge is -2.11. The third-order valence-electron chi connectivity index (χ3n) is 8.58. The molecule has 3 heteroatoms. The van der Waals surface area contributed by atoms with Crippen LogP contribution in [-0.2, 0) is 6.54 Å². The highest BCUT2D eigenvalue weighted by molar-refractivity contribution is 6.23. The van der Waals surface area contributed by atoms with Crippen molar-refractivity contribution in [1.82, 2.24) is 9.13 Å². The van der Waals surface area contributed by atoms with Crippen molar-refractivity contribution in [2.45, 2.75) is 6.54 Å². The minimum absolute atomic E-state index is 0.716. The van der Waals surface area contributed by atoms with Gasteiger partial charge in [0.2, 0.25) is 0 Å². The molecule has 0 atom stereocenters. The van der Waals surface area contributed by atoms with Crippen LogP contribution in [0.1, 0.15) is 5.56 Å². The maximum atomic E-state index is 6.58. The highest BCUT2D eigenvalue weighted by Crippen LogP contribution is 2.40. The third kappa shape index (κ3) is 4.29. The molecule has 0 spiro atoms. The Morgan fingerprint density at radius 2 is 1.16 bits per heavy atom. The summed E-state index contributed by atoms with van der Waals surface area (Å²) in [4.78, 5) is 0. The Bertz CT molecular complexity index is 2350. The molecule has 210 valence electrons. The van der Waals surface area contributed by atoms with Crippen LogP contribution in [0.4, 0.5) is 0 Å². The SMILES string of the molecule is N/C(=C\C=C/Cn1c2ccccc2c2ccc3c4ccccc4n(-c4ccccc4)c3c21)c1cccc(-c2ccccc2)c1. The Morgan fingerprint density at radius 1 is 0.545 bits per heavy atom. The van der Waals surface area contributed by atoms with Crippen LogP contribution in [0.3, 0.4) is 0 Å². The van der Waals surface area contributed by atoms with Gasteiger partial charge in [-0.05, 0) is 53.1 Å². The molecular weight excluding hydrogens is 534 g/mol. The van der Waals surface area contributed by atoms with Crippen LogP contribution in [0.2, 0.25) is 0 Å². The van der Waals surface area contributed by atoms with Crippen molar-refractivity contribution in [2.24, 2.45) is 5.73 Å². The Morgan fingerprint density at radius 3 is 1.93 bits per heavy atom. The molecule has 0 aliphatic rings. The molecule has 44 heavy (non-hydrogen) atoms. The van der Waals surface area contributed by atoms with Crippen LogP contribution in [0.15, 0.2) is 164 Å². The van der Waals surface area contributed by atoms with Crippen LogP contribution >= 0.6 is 0 Å². The summed E-state index contributed by atoms with van der Waals surface area (Å²) in [5.74, 6) is 0. The fourth-order valence-electron chi connectivity index (χ4n) is 6.57. The van der Waals surface area contributed by atoms with Gasteiger partial charge in [-0.1, -0.05) is 127 Å². The Hall–Kier alpha value is -5.80. The molecule has 0 aliphatic carbocycles. The normalized spacial score (nSPS) is 12.3. The van der Waals surface area contributed by atoms with E-state index in [1.54, 1.807) is 0 Å². The first kappa shape index (κ1) is 25.9. The minimum atomic E-state index is 0.716. The largest absolute Gasteiger partial charge is 0.398 e. The molecule has 0 bridgehead atoms. The third-order valence-corrected chi connectivity index (χ3v) is 8.58. The van der Waals surface area contributed by atoms with Crippen molar-refractivity contribution in [3.8, 4) is 16.8 Å². The molecule has 8 aromatic rings. The maximum Gasteiger partial charge on any atom is 0.0785 e. The molecule has 2 heterocycles. The van der Waals surface area contributed by atoms with Crippen molar-refractivity contribution >= 4 is 49.3 Å². The van der Waals surface area contributed by atoms with E-state index in [9.17, 15) is 0 Å². The van der Waals surface area contributed by atoms with Crippen LogP contribution in [0.5, 0.6) is 0 Å². The highest BCUT2D eigenvalue weighted by atomic mass is 15.0. The van der Waals surface area contributed by atoms with E-state index in [1.165, 1.54) is 49.2 Å². The van der Waals surface area contributed by atoms with E-state index in [2.05, 4.69) is 161 Å². The summed E-state index contributed by atoms with van der Waals surface area (Å²) >= 11 is 0. The molecule has 0 aliphatic heterocycles. The van der Waals surface area contributed by atoms with Gasteiger partial charge in [0.1, 0.15) is 0 Å².